The van der Waals surface area contributed by atoms with Gasteiger partial charge in [0.1, 0.15) is 0 Å². The van der Waals surface area contributed by atoms with Crippen LogP contribution < -0.4 is 5.73 Å². The summed E-state index contributed by atoms with van der Waals surface area (Å²) in [5.74, 6) is -0.681. The number of carboxylic acid groups (broad SMARTS) is 1. The Labute approximate surface area is 107 Å². The van der Waals surface area contributed by atoms with Crippen LogP contribution in [0.15, 0.2) is 0 Å². The summed E-state index contributed by atoms with van der Waals surface area (Å²) in [6.07, 6.45) is 1.02. The molecule has 1 saturated heterocycles. The van der Waals surface area contributed by atoms with Crippen molar-refractivity contribution < 1.29 is 19.4 Å². The Morgan fingerprint density at radius 1 is 1.56 bits per heavy atom. The van der Waals surface area contributed by atoms with E-state index in [-0.39, 0.29) is 24.9 Å². The average molecular weight is 258 g/mol. The van der Waals surface area contributed by atoms with E-state index in [1.54, 1.807) is 12.0 Å². The molecule has 3 atom stereocenters. The summed E-state index contributed by atoms with van der Waals surface area (Å²) in [5.41, 5.74) is 5.72. The lowest BCUT2D eigenvalue weighted by Gasteiger charge is -2.37. The molecule has 104 valence electrons. The van der Waals surface area contributed by atoms with Gasteiger partial charge in [0.05, 0.1) is 12.1 Å². The van der Waals surface area contributed by atoms with Gasteiger partial charge in [-0.25, -0.2) is 0 Å². The topological polar surface area (TPSA) is 92.9 Å². The van der Waals surface area contributed by atoms with Crippen LogP contribution in [0.3, 0.4) is 0 Å². The van der Waals surface area contributed by atoms with Crippen molar-refractivity contribution in [3.63, 3.8) is 0 Å². The van der Waals surface area contributed by atoms with Crippen molar-refractivity contribution in [2.75, 3.05) is 20.2 Å². The number of nitrogens with zero attached hydrogens (tertiary/aromatic N) is 1. The van der Waals surface area contributed by atoms with Gasteiger partial charge in [0, 0.05) is 26.6 Å². The Morgan fingerprint density at radius 3 is 2.78 bits per heavy atom. The summed E-state index contributed by atoms with van der Waals surface area (Å²) < 4.78 is 5.33. The molecule has 0 aromatic carbocycles. The predicted molar refractivity (Wildman–Crippen MR) is 66.0 cm³/mol. The van der Waals surface area contributed by atoms with Crippen molar-refractivity contribution in [1.29, 1.82) is 0 Å². The van der Waals surface area contributed by atoms with Crippen molar-refractivity contribution in [3.05, 3.63) is 0 Å². The van der Waals surface area contributed by atoms with Crippen LogP contribution in [0.25, 0.3) is 0 Å². The van der Waals surface area contributed by atoms with Gasteiger partial charge >= 0.3 is 5.97 Å². The Bertz CT molecular complexity index is 308. The maximum atomic E-state index is 12.0. The minimum atomic E-state index is -0.930. The molecule has 0 aromatic rings. The molecule has 0 aliphatic carbocycles. The minimum Gasteiger partial charge on any atom is -0.481 e. The van der Waals surface area contributed by atoms with Crippen LogP contribution in [-0.4, -0.2) is 54.2 Å². The van der Waals surface area contributed by atoms with Crippen molar-refractivity contribution in [1.82, 2.24) is 4.90 Å². The molecule has 0 radical (unpaired) electrons. The smallest absolute Gasteiger partial charge is 0.303 e. The summed E-state index contributed by atoms with van der Waals surface area (Å²) >= 11 is 0. The van der Waals surface area contributed by atoms with Gasteiger partial charge in [-0.05, 0) is 18.8 Å². The van der Waals surface area contributed by atoms with Crippen molar-refractivity contribution >= 4 is 11.9 Å². The lowest BCUT2D eigenvalue weighted by molar-refractivity contribution is -0.139. The molecular formula is C12H22N2O4. The number of carbonyl (C=O) groups excluding carboxylic acids is 1. The molecule has 0 spiro atoms. The number of carbonyl (C=O) groups is 2. The first-order chi connectivity index (χ1) is 8.45. The van der Waals surface area contributed by atoms with Crippen LogP contribution in [0.1, 0.15) is 26.2 Å². The Balaban J connectivity index is 2.48. The summed E-state index contributed by atoms with van der Waals surface area (Å²) in [6, 6.07) is -0.730. The number of amides is 1. The van der Waals surface area contributed by atoms with Crippen molar-refractivity contribution in [3.8, 4) is 0 Å². The van der Waals surface area contributed by atoms with E-state index in [2.05, 4.69) is 6.92 Å². The van der Waals surface area contributed by atoms with Gasteiger partial charge in [0.25, 0.3) is 0 Å². The van der Waals surface area contributed by atoms with E-state index in [1.165, 1.54) is 0 Å². The van der Waals surface area contributed by atoms with E-state index < -0.39 is 12.0 Å². The van der Waals surface area contributed by atoms with Gasteiger partial charge in [0.15, 0.2) is 0 Å². The zero-order valence-corrected chi connectivity index (χ0v) is 11.0. The second-order valence-corrected chi connectivity index (χ2v) is 4.86. The zero-order chi connectivity index (χ0) is 13.7. The summed E-state index contributed by atoms with van der Waals surface area (Å²) in [7, 11) is 1.64. The first-order valence-corrected chi connectivity index (χ1v) is 6.24. The molecule has 3 unspecified atom stereocenters. The van der Waals surface area contributed by atoms with Crippen LogP contribution in [0.4, 0.5) is 0 Å². The Kier molecular flexibility index (Phi) is 5.55. The maximum absolute atomic E-state index is 12.0. The molecule has 1 heterocycles. The van der Waals surface area contributed by atoms with Crippen LogP contribution >= 0.6 is 0 Å². The lowest BCUT2D eigenvalue weighted by Crippen LogP contribution is -2.51. The summed E-state index contributed by atoms with van der Waals surface area (Å²) in [4.78, 5) is 24.2. The van der Waals surface area contributed by atoms with E-state index in [1.807, 2.05) is 0 Å². The molecule has 0 aromatic heterocycles. The number of aliphatic carboxylic acids is 1. The van der Waals surface area contributed by atoms with Gasteiger partial charge in [-0.15, -0.1) is 0 Å². The third-order valence-corrected chi connectivity index (χ3v) is 3.49. The molecule has 6 nitrogen and oxygen atoms in total. The molecule has 1 amide bonds. The van der Waals surface area contributed by atoms with Gasteiger partial charge in [0.2, 0.25) is 5.91 Å². The fourth-order valence-electron chi connectivity index (χ4n) is 2.18. The number of nitrogens with two attached hydrogens (primary N) is 1. The highest BCUT2D eigenvalue weighted by Gasteiger charge is 2.30. The van der Waals surface area contributed by atoms with Crippen LogP contribution in [0, 0.1) is 5.92 Å². The largest absolute Gasteiger partial charge is 0.481 e. The molecule has 0 bridgehead atoms. The van der Waals surface area contributed by atoms with E-state index >= 15 is 0 Å². The van der Waals surface area contributed by atoms with Crippen molar-refractivity contribution in [2.24, 2.45) is 11.7 Å². The van der Waals surface area contributed by atoms with E-state index in [0.29, 0.717) is 19.0 Å². The number of rotatable bonds is 5. The third kappa shape index (κ3) is 3.96. The number of likely N-dealkylation sites (tertiary alicyclic amines) is 1. The molecule has 3 N–H and O–H groups in total. The maximum Gasteiger partial charge on any atom is 0.303 e. The highest BCUT2D eigenvalue weighted by Crippen LogP contribution is 2.20. The molecule has 0 saturated carbocycles. The lowest BCUT2D eigenvalue weighted by atomic mass is 9.95. The molecule has 1 fully saturated rings. The number of carboxylic acids is 1. The first kappa shape index (κ1) is 14.9. The Morgan fingerprint density at radius 2 is 2.22 bits per heavy atom. The van der Waals surface area contributed by atoms with Gasteiger partial charge in [-0.3, -0.25) is 9.59 Å². The van der Waals surface area contributed by atoms with E-state index in [0.717, 1.165) is 6.42 Å². The fourth-order valence-corrected chi connectivity index (χ4v) is 2.18. The molecule has 6 heteroatoms. The minimum absolute atomic E-state index is 0.0365. The average Bonchev–Trinajstić information content (AvgIpc) is 2.35. The van der Waals surface area contributed by atoms with Crippen LogP contribution in [-0.2, 0) is 14.3 Å². The molecule has 18 heavy (non-hydrogen) atoms. The summed E-state index contributed by atoms with van der Waals surface area (Å²) in [5, 5.41) is 8.57. The number of ether oxygens (including phenoxy) is 1. The second kappa shape index (κ2) is 6.70. The number of piperidine rings is 1. The fraction of sp³-hybridized carbons (Fsp3) is 0.833. The molecule has 1 rings (SSSR count). The molecular weight excluding hydrogens is 236 g/mol. The van der Waals surface area contributed by atoms with Gasteiger partial charge in [-0.2, -0.15) is 0 Å². The van der Waals surface area contributed by atoms with Gasteiger partial charge < -0.3 is 20.5 Å². The number of hydrogen-bond donors (Lipinski definition) is 2. The normalized spacial score (nSPS) is 25.8. The third-order valence-electron chi connectivity index (χ3n) is 3.49. The van der Waals surface area contributed by atoms with Crippen molar-refractivity contribution in [2.45, 2.75) is 38.3 Å². The number of hydrogen-bond acceptors (Lipinski definition) is 4. The van der Waals surface area contributed by atoms with E-state index in [4.69, 9.17) is 15.6 Å². The monoisotopic (exact) mass is 258 g/mol. The first-order valence-electron chi connectivity index (χ1n) is 6.24. The van der Waals surface area contributed by atoms with Gasteiger partial charge in [-0.1, -0.05) is 6.92 Å². The zero-order valence-electron chi connectivity index (χ0n) is 11.0. The Hall–Kier alpha value is -1.14. The predicted octanol–water partition coefficient (Wildman–Crippen LogP) is 0.0619. The second-order valence-electron chi connectivity index (χ2n) is 4.86. The highest BCUT2D eigenvalue weighted by atomic mass is 16.5. The molecule has 1 aliphatic rings. The quantitative estimate of drug-likeness (QED) is 0.727. The number of methoxy groups -OCH3 is 1. The van der Waals surface area contributed by atoms with E-state index in [9.17, 15) is 9.59 Å². The standard InChI is InChI=1S/C12H22N2O4/c1-8-5-6-14(7-10(8)18-2)12(17)9(13)3-4-11(15)16/h8-10H,3-7,13H2,1-2H3,(H,15,16). The molecule has 1 aliphatic heterocycles. The SMILES string of the molecule is COC1CN(C(=O)C(N)CCC(=O)O)CCC1C. The van der Waals surface area contributed by atoms with Crippen LogP contribution in [0.2, 0.25) is 0 Å². The summed E-state index contributed by atoms with van der Waals surface area (Å²) in [6.45, 7) is 3.30. The van der Waals surface area contributed by atoms with Crippen LogP contribution in [0.5, 0.6) is 0 Å². The highest BCUT2D eigenvalue weighted by molar-refractivity contribution is 5.82.